The monoisotopic (exact) mass is 264 g/mol. The Morgan fingerprint density at radius 1 is 1.26 bits per heavy atom. The van der Waals surface area contributed by atoms with Crippen LogP contribution in [-0.2, 0) is 5.41 Å². The Morgan fingerprint density at radius 2 is 1.89 bits per heavy atom. The lowest BCUT2D eigenvalue weighted by atomic mass is 9.83. The summed E-state index contributed by atoms with van der Waals surface area (Å²) in [4.78, 5) is 0. The first-order valence-corrected chi connectivity index (χ1v) is 6.99. The second-order valence-corrected chi connectivity index (χ2v) is 6.14. The van der Waals surface area contributed by atoms with Gasteiger partial charge >= 0.3 is 0 Å². The minimum absolute atomic E-state index is 0.0120. The molecule has 0 aromatic heterocycles. The Labute approximate surface area is 117 Å². The summed E-state index contributed by atoms with van der Waals surface area (Å²) in [5.74, 6) is 1.24. The van der Waals surface area contributed by atoms with Gasteiger partial charge in [-0.25, -0.2) is 0 Å². The molecule has 0 amide bonds. The van der Waals surface area contributed by atoms with Gasteiger partial charge in [-0.05, 0) is 35.1 Å². The third kappa shape index (κ3) is 3.71. The van der Waals surface area contributed by atoms with Gasteiger partial charge in [0.05, 0.1) is 7.11 Å². The fourth-order valence-corrected chi connectivity index (χ4v) is 2.36. The van der Waals surface area contributed by atoms with Crippen LogP contribution in [0, 0.1) is 5.92 Å². The van der Waals surface area contributed by atoms with E-state index in [4.69, 9.17) is 16.2 Å². The Balaban J connectivity index is 3.18. The fraction of sp³-hybridized carbons (Fsp3) is 0.625. The molecule has 0 aliphatic heterocycles. The molecule has 1 rings (SSSR count). The van der Waals surface area contributed by atoms with E-state index in [-0.39, 0.29) is 11.5 Å². The Bertz CT molecular complexity index is 406. The van der Waals surface area contributed by atoms with Crippen LogP contribution in [0.15, 0.2) is 18.2 Å². The van der Waals surface area contributed by atoms with Crippen molar-refractivity contribution in [3.63, 3.8) is 0 Å². The van der Waals surface area contributed by atoms with Crippen LogP contribution in [0.4, 0.5) is 0 Å². The predicted octanol–water partition coefficient (Wildman–Crippen LogP) is 2.98. The summed E-state index contributed by atoms with van der Waals surface area (Å²) >= 11 is 0. The summed E-state index contributed by atoms with van der Waals surface area (Å²) in [5.41, 5.74) is 14.5. The molecule has 0 aliphatic rings. The van der Waals surface area contributed by atoms with Crippen molar-refractivity contribution in [1.82, 2.24) is 0 Å². The molecule has 3 nitrogen and oxygen atoms in total. The minimum atomic E-state index is -0.0120. The number of rotatable bonds is 5. The van der Waals surface area contributed by atoms with Crippen LogP contribution in [0.2, 0.25) is 0 Å². The summed E-state index contributed by atoms with van der Waals surface area (Å²) < 4.78 is 5.45. The molecule has 2 atom stereocenters. The van der Waals surface area contributed by atoms with E-state index in [0.717, 1.165) is 17.7 Å². The van der Waals surface area contributed by atoms with Crippen molar-refractivity contribution in [3.8, 4) is 5.75 Å². The molecular formula is C16H28N2O. The van der Waals surface area contributed by atoms with E-state index in [0.29, 0.717) is 12.5 Å². The maximum absolute atomic E-state index is 6.34. The molecule has 108 valence electrons. The molecule has 1 aromatic rings. The van der Waals surface area contributed by atoms with Gasteiger partial charge in [-0.15, -0.1) is 0 Å². The predicted molar refractivity (Wildman–Crippen MR) is 81.5 cm³/mol. The summed E-state index contributed by atoms with van der Waals surface area (Å²) in [6.07, 6.45) is 0.995. The summed E-state index contributed by atoms with van der Waals surface area (Å²) in [7, 11) is 1.71. The molecule has 0 radical (unpaired) electrons. The molecule has 0 spiro atoms. The summed E-state index contributed by atoms with van der Waals surface area (Å²) in [5, 5.41) is 0. The van der Waals surface area contributed by atoms with E-state index in [1.807, 2.05) is 6.07 Å². The number of nitrogens with two attached hydrogens (primary N) is 2. The standard InChI is InChI=1S/C16H28N2O/c1-6-11(10-17)15(18)12-7-8-14(19-5)13(9-12)16(2,3)4/h7-9,11,15H,6,10,17-18H2,1-5H3. The lowest BCUT2D eigenvalue weighted by Crippen LogP contribution is -2.28. The molecule has 1 aromatic carbocycles. The van der Waals surface area contributed by atoms with Gasteiger partial charge in [-0.2, -0.15) is 0 Å². The smallest absolute Gasteiger partial charge is 0.122 e. The minimum Gasteiger partial charge on any atom is -0.496 e. The highest BCUT2D eigenvalue weighted by Crippen LogP contribution is 2.34. The first-order valence-electron chi connectivity index (χ1n) is 6.99. The van der Waals surface area contributed by atoms with Gasteiger partial charge < -0.3 is 16.2 Å². The average molecular weight is 264 g/mol. The molecule has 0 saturated carbocycles. The highest BCUT2D eigenvalue weighted by Gasteiger charge is 2.22. The third-order valence-corrected chi connectivity index (χ3v) is 3.75. The fourth-order valence-electron chi connectivity index (χ4n) is 2.36. The quantitative estimate of drug-likeness (QED) is 0.859. The van der Waals surface area contributed by atoms with Crippen molar-refractivity contribution >= 4 is 0 Å². The van der Waals surface area contributed by atoms with Gasteiger partial charge in [0.25, 0.3) is 0 Å². The van der Waals surface area contributed by atoms with Crippen LogP contribution in [0.3, 0.4) is 0 Å². The van der Waals surface area contributed by atoms with E-state index < -0.39 is 0 Å². The number of methoxy groups -OCH3 is 1. The number of hydrogen-bond acceptors (Lipinski definition) is 3. The van der Waals surface area contributed by atoms with Crippen molar-refractivity contribution in [2.45, 2.75) is 45.6 Å². The van der Waals surface area contributed by atoms with Crippen LogP contribution in [0.1, 0.15) is 51.3 Å². The van der Waals surface area contributed by atoms with Gasteiger partial charge in [0.2, 0.25) is 0 Å². The molecule has 0 fully saturated rings. The Kier molecular flexibility index (Phi) is 5.39. The van der Waals surface area contributed by atoms with Crippen LogP contribution in [0.5, 0.6) is 5.75 Å². The lowest BCUT2D eigenvalue weighted by molar-refractivity contribution is 0.394. The third-order valence-electron chi connectivity index (χ3n) is 3.75. The van der Waals surface area contributed by atoms with Crippen LogP contribution in [0.25, 0.3) is 0 Å². The number of benzene rings is 1. The zero-order valence-corrected chi connectivity index (χ0v) is 12.9. The molecule has 0 bridgehead atoms. The van der Waals surface area contributed by atoms with Crippen molar-refractivity contribution in [2.75, 3.05) is 13.7 Å². The van der Waals surface area contributed by atoms with Crippen molar-refractivity contribution in [2.24, 2.45) is 17.4 Å². The van der Waals surface area contributed by atoms with E-state index in [1.165, 1.54) is 5.56 Å². The number of hydrogen-bond donors (Lipinski definition) is 2. The second-order valence-electron chi connectivity index (χ2n) is 6.14. The maximum atomic E-state index is 6.34. The summed E-state index contributed by atoms with van der Waals surface area (Å²) in [6, 6.07) is 6.22. The van der Waals surface area contributed by atoms with Gasteiger partial charge in [0.1, 0.15) is 5.75 Å². The Hall–Kier alpha value is -1.06. The normalized spacial score (nSPS) is 15.1. The average Bonchev–Trinajstić information content (AvgIpc) is 2.38. The van der Waals surface area contributed by atoms with E-state index in [1.54, 1.807) is 7.11 Å². The van der Waals surface area contributed by atoms with Crippen molar-refractivity contribution in [3.05, 3.63) is 29.3 Å². The van der Waals surface area contributed by atoms with E-state index >= 15 is 0 Å². The van der Waals surface area contributed by atoms with Crippen LogP contribution < -0.4 is 16.2 Å². The maximum Gasteiger partial charge on any atom is 0.122 e. The zero-order chi connectivity index (χ0) is 14.6. The number of ether oxygens (including phenoxy) is 1. The zero-order valence-electron chi connectivity index (χ0n) is 12.9. The molecule has 0 heterocycles. The SMILES string of the molecule is CCC(CN)C(N)c1ccc(OC)c(C(C)(C)C)c1. The topological polar surface area (TPSA) is 61.3 Å². The van der Waals surface area contributed by atoms with Gasteiger partial charge in [0.15, 0.2) is 0 Å². The summed E-state index contributed by atoms with van der Waals surface area (Å²) in [6.45, 7) is 9.29. The largest absolute Gasteiger partial charge is 0.496 e. The molecule has 19 heavy (non-hydrogen) atoms. The van der Waals surface area contributed by atoms with E-state index in [2.05, 4.69) is 39.8 Å². The van der Waals surface area contributed by atoms with Gasteiger partial charge in [-0.3, -0.25) is 0 Å². The molecule has 0 saturated heterocycles. The Morgan fingerprint density at radius 3 is 2.32 bits per heavy atom. The van der Waals surface area contributed by atoms with Crippen LogP contribution >= 0.6 is 0 Å². The second kappa shape index (κ2) is 6.40. The molecule has 3 heteroatoms. The van der Waals surface area contributed by atoms with Crippen molar-refractivity contribution in [1.29, 1.82) is 0 Å². The molecule has 2 unspecified atom stereocenters. The molecular weight excluding hydrogens is 236 g/mol. The van der Waals surface area contributed by atoms with Crippen LogP contribution in [-0.4, -0.2) is 13.7 Å². The van der Waals surface area contributed by atoms with E-state index in [9.17, 15) is 0 Å². The molecule has 0 aliphatic carbocycles. The molecule has 4 N–H and O–H groups in total. The first kappa shape index (κ1) is 16.0. The van der Waals surface area contributed by atoms with Gasteiger partial charge in [-0.1, -0.05) is 46.2 Å². The lowest BCUT2D eigenvalue weighted by Gasteiger charge is -2.26. The van der Waals surface area contributed by atoms with Crippen molar-refractivity contribution < 1.29 is 4.74 Å². The first-order chi connectivity index (χ1) is 8.85. The highest BCUT2D eigenvalue weighted by atomic mass is 16.5. The van der Waals surface area contributed by atoms with Gasteiger partial charge in [0, 0.05) is 6.04 Å². The highest BCUT2D eigenvalue weighted by molar-refractivity contribution is 5.42.